The van der Waals surface area contributed by atoms with Crippen molar-refractivity contribution in [1.82, 2.24) is 14.9 Å². The van der Waals surface area contributed by atoms with Crippen LogP contribution in [-0.2, 0) is 13.0 Å². The van der Waals surface area contributed by atoms with Crippen LogP contribution >= 0.6 is 0 Å². The minimum Gasteiger partial charge on any atom is -0.474 e. The summed E-state index contributed by atoms with van der Waals surface area (Å²) in [6.07, 6.45) is 5.38. The molecular weight excluding hydrogens is 584 g/mol. The molecule has 0 unspecified atom stereocenters. The number of nitrogens with one attached hydrogen (secondary N) is 2. The number of aryl methyl sites for hydroxylation is 1. The minimum atomic E-state index is 0.658. The number of benzene rings is 2. The van der Waals surface area contributed by atoms with Crippen LogP contribution in [0.25, 0.3) is 0 Å². The van der Waals surface area contributed by atoms with Gasteiger partial charge in [-0.2, -0.15) is 0 Å². The second kappa shape index (κ2) is 13.0. The van der Waals surface area contributed by atoms with Gasteiger partial charge < -0.3 is 30.1 Å². The summed E-state index contributed by atoms with van der Waals surface area (Å²) < 4.78 is 5.74. The molecule has 2 fully saturated rings. The van der Waals surface area contributed by atoms with Gasteiger partial charge in [0.25, 0.3) is 0 Å². The lowest BCUT2D eigenvalue weighted by molar-refractivity contribution is 0.160. The van der Waals surface area contributed by atoms with Crippen LogP contribution in [0.4, 0.5) is 34.3 Å². The molecule has 0 atom stereocenters. The Hall–Kier alpha value is -4.50. The zero-order chi connectivity index (χ0) is 31.7. The molecule has 2 N–H and O–H groups in total. The molecule has 0 bridgehead atoms. The van der Waals surface area contributed by atoms with Crippen molar-refractivity contribution in [3.63, 3.8) is 0 Å². The summed E-state index contributed by atoms with van der Waals surface area (Å²) in [5.74, 6) is 1.59. The SMILES string of the molecule is Cc1ccc(N2CCN(C3CCN(c4ccc(Nc5ccc6c(n5)CN(c5cnc7c(c5C)NCCO7)CC6)cc4)CC3)CC2)cc1. The molecular formula is C38H46N8O. The van der Waals surface area contributed by atoms with E-state index in [-0.39, 0.29) is 0 Å². The van der Waals surface area contributed by atoms with E-state index < -0.39 is 0 Å². The fraction of sp³-hybridized carbons (Fsp3) is 0.421. The van der Waals surface area contributed by atoms with Crippen LogP contribution in [0.15, 0.2) is 66.9 Å². The summed E-state index contributed by atoms with van der Waals surface area (Å²) in [5, 5.41) is 7.03. The monoisotopic (exact) mass is 630 g/mol. The lowest BCUT2D eigenvalue weighted by Crippen LogP contribution is -2.53. The van der Waals surface area contributed by atoms with Crippen molar-refractivity contribution in [2.45, 2.75) is 45.7 Å². The molecule has 9 nitrogen and oxygen atoms in total. The normalized spacial score (nSPS) is 18.6. The Labute approximate surface area is 278 Å². The number of fused-ring (bicyclic) bond motifs is 2. The summed E-state index contributed by atoms with van der Waals surface area (Å²) in [6.45, 7) is 14.3. The van der Waals surface area contributed by atoms with E-state index in [0.29, 0.717) is 18.5 Å². The van der Waals surface area contributed by atoms with Gasteiger partial charge in [-0.25, -0.2) is 9.97 Å². The number of pyridine rings is 2. The van der Waals surface area contributed by atoms with Gasteiger partial charge >= 0.3 is 0 Å². The molecule has 4 aliphatic rings. The van der Waals surface area contributed by atoms with Crippen molar-refractivity contribution in [1.29, 1.82) is 0 Å². The number of piperazine rings is 1. The van der Waals surface area contributed by atoms with E-state index in [2.05, 4.69) is 110 Å². The summed E-state index contributed by atoms with van der Waals surface area (Å²) in [6, 6.07) is 22.9. The van der Waals surface area contributed by atoms with Crippen molar-refractivity contribution in [2.75, 3.05) is 84.3 Å². The van der Waals surface area contributed by atoms with Crippen LogP contribution in [0.3, 0.4) is 0 Å². The van der Waals surface area contributed by atoms with Gasteiger partial charge in [0.15, 0.2) is 0 Å². The topological polar surface area (TPSA) is 72.0 Å². The molecule has 2 saturated heterocycles. The average Bonchev–Trinajstić information content (AvgIpc) is 3.12. The molecule has 6 heterocycles. The number of nitrogens with zero attached hydrogens (tertiary/aromatic N) is 6. The molecule has 4 aromatic rings. The van der Waals surface area contributed by atoms with Crippen LogP contribution in [0.1, 0.15) is 35.2 Å². The van der Waals surface area contributed by atoms with Crippen LogP contribution in [0, 0.1) is 13.8 Å². The molecule has 244 valence electrons. The Morgan fingerprint density at radius 2 is 1.51 bits per heavy atom. The summed E-state index contributed by atoms with van der Waals surface area (Å²) in [7, 11) is 0. The second-order valence-corrected chi connectivity index (χ2v) is 13.4. The van der Waals surface area contributed by atoms with Crippen molar-refractivity contribution < 1.29 is 4.74 Å². The van der Waals surface area contributed by atoms with Crippen molar-refractivity contribution in [3.8, 4) is 5.88 Å². The fourth-order valence-corrected chi connectivity index (χ4v) is 7.71. The van der Waals surface area contributed by atoms with E-state index in [1.807, 2.05) is 6.20 Å². The highest BCUT2D eigenvalue weighted by molar-refractivity contribution is 5.70. The Morgan fingerprint density at radius 3 is 2.28 bits per heavy atom. The standard InChI is InChI=1S/C38H46N8O/c1-27-3-8-31(9-4-27)44-20-22-45(23-21-44)33-14-18-43(19-15-33)32-10-6-30(7-11-32)41-36-12-5-29-13-17-46(26-34(29)42-36)35-25-40-38-37(28(35)2)39-16-24-47-38/h3-12,25,33,39H,13-24,26H2,1-2H3,(H,41,42). The largest absolute Gasteiger partial charge is 0.474 e. The van der Waals surface area contributed by atoms with E-state index in [1.165, 1.54) is 40.9 Å². The maximum atomic E-state index is 5.74. The second-order valence-electron chi connectivity index (χ2n) is 13.4. The highest BCUT2D eigenvalue weighted by atomic mass is 16.5. The summed E-state index contributed by atoms with van der Waals surface area (Å²) >= 11 is 0. The fourth-order valence-electron chi connectivity index (χ4n) is 7.71. The maximum Gasteiger partial charge on any atom is 0.237 e. The number of aromatic nitrogens is 2. The van der Waals surface area contributed by atoms with Gasteiger partial charge in [0.2, 0.25) is 5.88 Å². The van der Waals surface area contributed by atoms with Crippen LogP contribution in [-0.4, -0.2) is 79.9 Å². The van der Waals surface area contributed by atoms with E-state index in [4.69, 9.17) is 9.72 Å². The smallest absolute Gasteiger partial charge is 0.237 e. The van der Waals surface area contributed by atoms with Crippen LogP contribution < -0.4 is 30.1 Å². The first-order valence-electron chi connectivity index (χ1n) is 17.3. The number of ether oxygens (including phenoxy) is 1. The zero-order valence-corrected chi connectivity index (χ0v) is 27.7. The summed E-state index contributed by atoms with van der Waals surface area (Å²) in [5.41, 5.74) is 10.9. The lowest BCUT2D eigenvalue weighted by atomic mass is 10.0. The van der Waals surface area contributed by atoms with E-state index in [9.17, 15) is 0 Å². The first-order chi connectivity index (χ1) is 23.1. The summed E-state index contributed by atoms with van der Waals surface area (Å²) in [4.78, 5) is 19.9. The Kier molecular flexibility index (Phi) is 8.23. The molecule has 8 rings (SSSR count). The van der Waals surface area contributed by atoms with Crippen molar-refractivity contribution >= 4 is 34.3 Å². The number of hydrogen-bond acceptors (Lipinski definition) is 9. The molecule has 0 saturated carbocycles. The van der Waals surface area contributed by atoms with Gasteiger partial charge in [0, 0.05) is 81.0 Å². The van der Waals surface area contributed by atoms with Crippen LogP contribution in [0.5, 0.6) is 5.88 Å². The predicted molar refractivity (Wildman–Crippen MR) is 192 cm³/mol. The molecule has 0 aliphatic carbocycles. The Bertz CT molecular complexity index is 1690. The molecule has 47 heavy (non-hydrogen) atoms. The van der Waals surface area contributed by atoms with Gasteiger partial charge in [0.05, 0.1) is 24.1 Å². The van der Waals surface area contributed by atoms with Gasteiger partial charge in [-0.1, -0.05) is 23.8 Å². The molecule has 0 radical (unpaired) electrons. The first-order valence-corrected chi connectivity index (χ1v) is 17.3. The van der Waals surface area contributed by atoms with E-state index in [1.54, 1.807) is 0 Å². The first kappa shape index (κ1) is 29.9. The Balaban J connectivity index is 0.848. The third-order valence-corrected chi connectivity index (χ3v) is 10.5. The molecule has 2 aromatic heterocycles. The van der Waals surface area contributed by atoms with Gasteiger partial charge in [-0.15, -0.1) is 0 Å². The van der Waals surface area contributed by atoms with E-state index in [0.717, 1.165) is 93.9 Å². The van der Waals surface area contributed by atoms with Crippen molar-refractivity contribution in [3.05, 3.63) is 89.2 Å². The zero-order valence-electron chi connectivity index (χ0n) is 27.7. The lowest BCUT2D eigenvalue weighted by Gasteiger charge is -2.43. The quantitative estimate of drug-likeness (QED) is 0.267. The number of piperidine rings is 1. The average molecular weight is 631 g/mol. The Morgan fingerprint density at radius 1 is 0.787 bits per heavy atom. The number of rotatable bonds is 6. The highest BCUT2D eigenvalue weighted by Gasteiger charge is 2.28. The number of anilines is 6. The minimum absolute atomic E-state index is 0.658. The maximum absolute atomic E-state index is 5.74. The molecule has 2 aromatic carbocycles. The van der Waals surface area contributed by atoms with Gasteiger partial charge in [-0.3, -0.25) is 4.90 Å². The highest BCUT2D eigenvalue weighted by Crippen LogP contribution is 2.36. The van der Waals surface area contributed by atoms with Crippen molar-refractivity contribution in [2.24, 2.45) is 0 Å². The third-order valence-electron chi connectivity index (χ3n) is 10.5. The van der Waals surface area contributed by atoms with Gasteiger partial charge in [0.1, 0.15) is 18.1 Å². The third kappa shape index (κ3) is 6.29. The number of hydrogen-bond donors (Lipinski definition) is 2. The van der Waals surface area contributed by atoms with Gasteiger partial charge in [-0.05, 0) is 81.1 Å². The molecule has 9 heteroatoms. The molecule has 4 aliphatic heterocycles. The predicted octanol–water partition coefficient (Wildman–Crippen LogP) is 6.00. The molecule has 0 spiro atoms. The molecule has 0 amide bonds. The van der Waals surface area contributed by atoms with E-state index >= 15 is 0 Å². The van der Waals surface area contributed by atoms with Crippen LogP contribution in [0.2, 0.25) is 0 Å².